The second-order valence-corrected chi connectivity index (χ2v) is 4.50. The predicted molar refractivity (Wildman–Crippen MR) is 73.5 cm³/mol. The van der Waals surface area contributed by atoms with Crippen molar-refractivity contribution >= 4 is 23.0 Å². The van der Waals surface area contributed by atoms with Gasteiger partial charge in [0.05, 0.1) is 15.6 Å². The summed E-state index contributed by atoms with van der Waals surface area (Å²) in [7, 11) is 0. The summed E-state index contributed by atoms with van der Waals surface area (Å²) in [5.41, 5.74) is 0.758. The van der Waals surface area contributed by atoms with Crippen LogP contribution >= 0.6 is 11.6 Å². The van der Waals surface area contributed by atoms with Gasteiger partial charge in [-0.1, -0.05) is 11.6 Å². The maximum absolute atomic E-state index is 13.1. The molecule has 5 nitrogen and oxygen atoms in total. The Morgan fingerprint density at radius 3 is 2.70 bits per heavy atom. The molecular weight excluding hydrogens is 287 g/mol. The van der Waals surface area contributed by atoms with Gasteiger partial charge < -0.3 is 10.4 Å². The van der Waals surface area contributed by atoms with Gasteiger partial charge >= 0.3 is 0 Å². The first kappa shape index (κ1) is 14.1. The summed E-state index contributed by atoms with van der Waals surface area (Å²) < 4.78 is 13.1. The first-order valence-electron chi connectivity index (χ1n) is 5.62. The molecule has 2 rings (SSSR count). The molecule has 0 unspecified atom stereocenters. The minimum atomic E-state index is -0.563. The highest BCUT2D eigenvalue weighted by Crippen LogP contribution is 2.27. The van der Waals surface area contributed by atoms with Crippen LogP contribution in [0, 0.1) is 15.9 Å². The lowest BCUT2D eigenvalue weighted by atomic mass is 10.2. The van der Waals surface area contributed by atoms with E-state index in [1.165, 1.54) is 30.3 Å². The lowest BCUT2D eigenvalue weighted by molar-refractivity contribution is -0.384. The molecule has 0 saturated carbocycles. The zero-order valence-electron chi connectivity index (χ0n) is 10.1. The number of nitrogens with zero attached hydrogens (tertiary/aromatic N) is 1. The van der Waals surface area contributed by atoms with Gasteiger partial charge in [-0.3, -0.25) is 10.1 Å². The third-order valence-electron chi connectivity index (χ3n) is 2.59. The maximum Gasteiger partial charge on any atom is 0.271 e. The van der Waals surface area contributed by atoms with Crippen LogP contribution in [0.5, 0.6) is 5.75 Å². The predicted octanol–water partition coefficient (Wildman–Crippen LogP) is 3.71. The van der Waals surface area contributed by atoms with E-state index in [2.05, 4.69) is 5.32 Å². The van der Waals surface area contributed by atoms with E-state index in [-0.39, 0.29) is 18.0 Å². The first-order chi connectivity index (χ1) is 9.45. The molecule has 0 saturated heterocycles. The number of halogens is 2. The van der Waals surface area contributed by atoms with Gasteiger partial charge in [0.2, 0.25) is 0 Å². The monoisotopic (exact) mass is 296 g/mol. The minimum absolute atomic E-state index is 0.0982. The molecule has 7 heteroatoms. The summed E-state index contributed by atoms with van der Waals surface area (Å²) in [4.78, 5) is 10.1. The van der Waals surface area contributed by atoms with E-state index in [9.17, 15) is 19.6 Å². The van der Waals surface area contributed by atoms with E-state index in [4.69, 9.17) is 11.6 Å². The van der Waals surface area contributed by atoms with Crippen molar-refractivity contribution in [3.05, 3.63) is 62.9 Å². The number of phenolic OH excluding ortho intramolecular Hbond substituents is 1. The molecule has 0 amide bonds. The molecule has 0 spiro atoms. The van der Waals surface area contributed by atoms with Crippen LogP contribution < -0.4 is 5.32 Å². The number of benzene rings is 2. The molecule has 2 aromatic rings. The average molecular weight is 297 g/mol. The van der Waals surface area contributed by atoms with Gasteiger partial charge in [-0.15, -0.1) is 0 Å². The summed E-state index contributed by atoms with van der Waals surface area (Å²) in [5.74, 6) is -0.751. The number of hydrogen-bond acceptors (Lipinski definition) is 4. The van der Waals surface area contributed by atoms with E-state index < -0.39 is 10.7 Å². The third-order valence-corrected chi connectivity index (χ3v) is 2.92. The molecule has 0 aliphatic rings. The molecular formula is C13H10ClFN2O3. The Bertz CT molecular complexity index is 644. The van der Waals surface area contributed by atoms with Crippen LogP contribution in [-0.4, -0.2) is 10.0 Å². The number of aromatic hydroxyl groups is 1. The fraction of sp³-hybridized carbons (Fsp3) is 0.0769. The van der Waals surface area contributed by atoms with Crippen molar-refractivity contribution < 1.29 is 14.4 Å². The lowest BCUT2D eigenvalue weighted by Crippen LogP contribution is -2.01. The zero-order valence-corrected chi connectivity index (χ0v) is 10.9. The number of phenols is 1. The van der Waals surface area contributed by atoms with Gasteiger partial charge in [0.25, 0.3) is 5.69 Å². The van der Waals surface area contributed by atoms with Gasteiger partial charge in [-0.25, -0.2) is 4.39 Å². The van der Waals surface area contributed by atoms with E-state index in [0.29, 0.717) is 16.3 Å². The molecule has 0 aliphatic heterocycles. The van der Waals surface area contributed by atoms with E-state index >= 15 is 0 Å². The largest absolute Gasteiger partial charge is 0.508 e. The van der Waals surface area contributed by atoms with Gasteiger partial charge in [0.1, 0.15) is 11.6 Å². The van der Waals surface area contributed by atoms with Crippen LogP contribution in [0.1, 0.15) is 5.56 Å². The van der Waals surface area contributed by atoms with Crippen molar-refractivity contribution in [2.75, 3.05) is 5.32 Å². The number of non-ortho nitro benzene ring substituents is 1. The van der Waals surface area contributed by atoms with Crippen molar-refractivity contribution in [2.45, 2.75) is 6.54 Å². The Balaban J connectivity index is 2.18. The fourth-order valence-corrected chi connectivity index (χ4v) is 1.88. The van der Waals surface area contributed by atoms with E-state index in [1.54, 1.807) is 0 Å². The number of hydrogen-bond donors (Lipinski definition) is 2. The number of nitro groups is 1. The topological polar surface area (TPSA) is 75.4 Å². The standard InChI is InChI=1S/C13H10ClFN2O3/c14-12-2-1-10(17(19)20)6-13(12)16-7-8-3-9(15)5-11(18)4-8/h1-6,16,18H,7H2. The van der Waals surface area contributed by atoms with Crippen molar-refractivity contribution in [3.8, 4) is 5.75 Å². The molecule has 0 aliphatic carbocycles. The summed E-state index contributed by atoms with van der Waals surface area (Å²) in [6.45, 7) is 0.173. The second kappa shape index (κ2) is 5.75. The van der Waals surface area contributed by atoms with Crippen LogP contribution in [0.3, 0.4) is 0 Å². The summed E-state index contributed by atoms with van der Waals surface area (Å²) >= 11 is 5.92. The third kappa shape index (κ3) is 3.36. The minimum Gasteiger partial charge on any atom is -0.508 e. The van der Waals surface area contributed by atoms with Crippen LogP contribution in [0.2, 0.25) is 5.02 Å². The summed E-state index contributed by atoms with van der Waals surface area (Å²) in [6.07, 6.45) is 0. The highest BCUT2D eigenvalue weighted by molar-refractivity contribution is 6.33. The van der Waals surface area contributed by atoms with Gasteiger partial charge in [0.15, 0.2) is 0 Å². The van der Waals surface area contributed by atoms with E-state index in [0.717, 1.165) is 6.07 Å². The van der Waals surface area contributed by atoms with Crippen LogP contribution in [-0.2, 0) is 6.54 Å². The van der Waals surface area contributed by atoms with E-state index in [1.807, 2.05) is 0 Å². The molecule has 2 N–H and O–H groups in total. The molecule has 2 aromatic carbocycles. The van der Waals surface area contributed by atoms with Gasteiger partial charge in [0, 0.05) is 24.7 Å². The van der Waals surface area contributed by atoms with Crippen molar-refractivity contribution in [3.63, 3.8) is 0 Å². The lowest BCUT2D eigenvalue weighted by Gasteiger charge is -2.09. The normalized spacial score (nSPS) is 10.3. The quantitative estimate of drug-likeness (QED) is 0.666. The SMILES string of the molecule is O=[N+]([O-])c1ccc(Cl)c(NCc2cc(O)cc(F)c2)c1. The molecule has 0 fully saturated rings. The van der Waals surface area contributed by atoms with Gasteiger partial charge in [-0.2, -0.15) is 0 Å². The number of nitrogens with one attached hydrogen (secondary N) is 1. The highest BCUT2D eigenvalue weighted by Gasteiger charge is 2.09. The highest BCUT2D eigenvalue weighted by atomic mass is 35.5. The molecule has 104 valence electrons. The Kier molecular flexibility index (Phi) is 4.05. The zero-order chi connectivity index (χ0) is 14.7. The molecule has 0 aromatic heterocycles. The van der Waals surface area contributed by atoms with Crippen molar-refractivity contribution in [2.24, 2.45) is 0 Å². The summed E-state index contributed by atoms with van der Waals surface area (Å²) in [5, 5.41) is 23.1. The molecule has 0 heterocycles. The fourth-order valence-electron chi connectivity index (χ4n) is 1.69. The Hall–Kier alpha value is -2.34. The average Bonchev–Trinajstić information content (AvgIpc) is 2.36. The maximum atomic E-state index is 13.1. The number of nitro benzene ring substituents is 1. The Morgan fingerprint density at radius 1 is 1.30 bits per heavy atom. The second-order valence-electron chi connectivity index (χ2n) is 4.09. The molecule has 0 radical (unpaired) electrons. The molecule has 0 bridgehead atoms. The number of anilines is 1. The Labute approximate surface area is 118 Å². The molecule has 0 atom stereocenters. The number of rotatable bonds is 4. The first-order valence-corrected chi connectivity index (χ1v) is 6.00. The van der Waals surface area contributed by atoms with Crippen molar-refractivity contribution in [1.29, 1.82) is 0 Å². The van der Waals surface area contributed by atoms with Crippen molar-refractivity contribution in [1.82, 2.24) is 0 Å². The Morgan fingerprint density at radius 2 is 2.05 bits per heavy atom. The van der Waals surface area contributed by atoms with Crippen LogP contribution in [0.4, 0.5) is 15.8 Å². The van der Waals surface area contributed by atoms with Crippen LogP contribution in [0.25, 0.3) is 0 Å². The van der Waals surface area contributed by atoms with Gasteiger partial charge in [-0.05, 0) is 23.8 Å². The summed E-state index contributed by atoms with van der Waals surface area (Å²) in [6, 6.07) is 7.62. The van der Waals surface area contributed by atoms with Crippen LogP contribution in [0.15, 0.2) is 36.4 Å². The smallest absolute Gasteiger partial charge is 0.271 e. The molecule has 20 heavy (non-hydrogen) atoms.